The van der Waals surface area contributed by atoms with E-state index in [9.17, 15) is 14.7 Å². The van der Waals surface area contributed by atoms with Crippen molar-refractivity contribution < 1.29 is 24.2 Å². The van der Waals surface area contributed by atoms with E-state index >= 15 is 0 Å². The third-order valence-electron chi connectivity index (χ3n) is 7.41. The summed E-state index contributed by atoms with van der Waals surface area (Å²) < 4.78 is 11.7. The van der Waals surface area contributed by atoms with Crippen LogP contribution in [0.3, 0.4) is 0 Å². The summed E-state index contributed by atoms with van der Waals surface area (Å²) in [4.78, 5) is 29.4. The van der Waals surface area contributed by atoms with Crippen molar-refractivity contribution in [3.63, 3.8) is 0 Å². The number of carbonyl (C=O) groups is 2. The van der Waals surface area contributed by atoms with Crippen LogP contribution in [0.4, 0.5) is 5.69 Å². The maximum atomic E-state index is 14.0. The maximum absolute atomic E-state index is 14.0. The van der Waals surface area contributed by atoms with E-state index in [4.69, 9.17) is 9.47 Å². The molecule has 1 saturated carbocycles. The molecule has 1 saturated heterocycles. The normalized spacial score (nSPS) is 27.9. The molecule has 2 heterocycles. The van der Waals surface area contributed by atoms with E-state index < -0.39 is 5.97 Å². The molecule has 1 N–H and O–H groups in total. The second-order valence-electron chi connectivity index (χ2n) is 11.2. The van der Waals surface area contributed by atoms with Gasteiger partial charge in [-0.25, -0.2) is 4.79 Å². The van der Waals surface area contributed by atoms with E-state index in [1.807, 2.05) is 11.0 Å². The summed E-state index contributed by atoms with van der Waals surface area (Å²) in [5.74, 6) is -0.961. The van der Waals surface area contributed by atoms with E-state index in [0.29, 0.717) is 12.3 Å². The third-order valence-corrected chi connectivity index (χ3v) is 8.95. The Morgan fingerprint density at radius 2 is 1.85 bits per heavy atom. The first-order chi connectivity index (χ1) is 16.1. The molecule has 2 fully saturated rings. The highest BCUT2D eigenvalue weighted by atomic mass is 32.1. The zero-order valence-corrected chi connectivity index (χ0v) is 21.8. The third kappa shape index (κ3) is 5.74. The smallest absolute Gasteiger partial charge is 0.348 e. The SMILES string of the molecule is CC1=CC[C@H](C(=O)N(c2cc(C(C)(C)C)sc2C(=O)O)C2CCC(OC3CCOC3)CC2)CC1. The molecule has 0 aromatic carbocycles. The molecule has 2 atom stereocenters. The fraction of sp³-hybridized carbons (Fsp3) is 0.704. The van der Waals surface area contributed by atoms with Gasteiger partial charge in [0, 0.05) is 23.4 Å². The molecule has 1 aromatic rings. The molecule has 1 aliphatic heterocycles. The number of carboxylic acids is 1. The number of nitrogens with zero attached hydrogens (tertiary/aromatic N) is 1. The van der Waals surface area contributed by atoms with Crippen molar-refractivity contribution in [2.24, 2.45) is 5.92 Å². The number of carbonyl (C=O) groups excluding carboxylic acids is 1. The van der Waals surface area contributed by atoms with Crippen molar-refractivity contribution >= 4 is 28.9 Å². The van der Waals surface area contributed by atoms with Gasteiger partial charge in [-0.15, -0.1) is 11.3 Å². The number of ether oxygens (including phenoxy) is 2. The first-order valence-electron chi connectivity index (χ1n) is 12.7. The number of allylic oxidation sites excluding steroid dienone is 2. The van der Waals surface area contributed by atoms with Gasteiger partial charge in [0.25, 0.3) is 0 Å². The summed E-state index contributed by atoms with van der Waals surface area (Å²) in [5.41, 5.74) is 1.75. The molecule has 4 rings (SSSR count). The van der Waals surface area contributed by atoms with Gasteiger partial charge in [0.15, 0.2) is 0 Å². The van der Waals surface area contributed by atoms with Crippen molar-refractivity contribution in [2.45, 2.75) is 103 Å². The van der Waals surface area contributed by atoms with Crippen LogP contribution in [-0.4, -0.2) is 48.4 Å². The van der Waals surface area contributed by atoms with Gasteiger partial charge >= 0.3 is 5.97 Å². The molecule has 1 amide bonds. The minimum Gasteiger partial charge on any atom is -0.477 e. The quantitative estimate of drug-likeness (QED) is 0.501. The lowest BCUT2D eigenvalue weighted by molar-refractivity contribution is -0.123. The molecule has 7 heteroatoms. The highest BCUT2D eigenvalue weighted by Crippen LogP contribution is 2.41. The molecule has 1 unspecified atom stereocenters. The zero-order chi connectivity index (χ0) is 24.5. The Labute approximate surface area is 207 Å². The Bertz CT molecular complexity index is 916. The van der Waals surface area contributed by atoms with Crippen molar-refractivity contribution in [2.75, 3.05) is 18.1 Å². The Morgan fingerprint density at radius 3 is 2.41 bits per heavy atom. The standard InChI is InChI=1S/C27H39NO5S/c1-17-5-7-18(8-6-17)25(29)28(22-15-23(27(2,3)4)34-24(22)26(30)31)19-9-11-20(12-10-19)33-21-13-14-32-16-21/h5,15,18-21H,6-14,16H2,1-4H3,(H,30,31)/t18-,19?,20?,21?/m0/s1. The van der Waals surface area contributed by atoms with Crippen LogP contribution in [0.1, 0.15) is 93.6 Å². The van der Waals surface area contributed by atoms with Crippen molar-refractivity contribution in [3.05, 3.63) is 27.5 Å². The summed E-state index contributed by atoms with van der Waals surface area (Å²) in [6.45, 7) is 9.82. The maximum Gasteiger partial charge on any atom is 0.348 e. The Hall–Kier alpha value is -1.70. The van der Waals surface area contributed by atoms with Crippen molar-refractivity contribution in [1.82, 2.24) is 0 Å². The van der Waals surface area contributed by atoms with Gasteiger partial charge < -0.3 is 19.5 Å². The number of thiophene rings is 1. The van der Waals surface area contributed by atoms with Crippen molar-refractivity contribution in [1.29, 1.82) is 0 Å². The monoisotopic (exact) mass is 489 g/mol. The van der Waals surface area contributed by atoms with Gasteiger partial charge in [0.1, 0.15) is 4.88 Å². The molecule has 6 nitrogen and oxygen atoms in total. The van der Waals surface area contributed by atoms with Gasteiger partial charge in [-0.05, 0) is 69.8 Å². The first-order valence-corrected chi connectivity index (χ1v) is 13.5. The summed E-state index contributed by atoms with van der Waals surface area (Å²) >= 11 is 1.31. The average Bonchev–Trinajstić information content (AvgIpc) is 3.46. The Morgan fingerprint density at radius 1 is 1.12 bits per heavy atom. The van der Waals surface area contributed by atoms with E-state index in [1.54, 1.807) is 0 Å². The van der Waals surface area contributed by atoms with Crippen molar-refractivity contribution in [3.8, 4) is 0 Å². The number of anilines is 1. The zero-order valence-electron chi connectivity index (χ0n) is 21.0. The predicted molar refractivity (Wildman–Crippen MR) is 135 cm³/mol. The average molecular weight is 490 g/mol. The minimum absolute atomic E-state index is 0.000278. The molecule has 0 radical (unpaired) electrons. The van der Waals surface area contributed by atoms with Gasteiger partial charge in [0.05, 0.1) is 24.5 Å². The van der Waals surface area contributed by atoms with Crippen LogP contribution >= 0.6 is 11.3 Å². The fourth-order valence-electron chi connectivity index (χ4n) is 5.30. The van der Waals surface area contributed by atoms with Crippen LogP contribution in [0.25, 0.3) is 0 Å². The predicted octanol–water partition coefficient (Wildman–Crippen LogP) is 5.94. The summed E-state index contributed by atoms with van der Waals surface area (Å²) in [6.07, 6.45) is 9.40. The van der Waals surface area contributed by atoms with Crippen LogP contribution in [0.2, 0.25) is 0 Å². The van der Waals surface area contributed by atoms with Gasteiger partial charge in [0.2, 0.25) is 5.91 Å². The van der Waals surface area contributed by atoms with Gasteiger partial charge in [-0.1, -0.05) is 32.4 Å². The van der Waals surface area contributed by atoms with E-state index in [-0.39, 0.29) is 40.4 Å². The molecular formula is C27H39NO5S. The highest BCUT2D eigenvalue weighted by molar-refractivity contribution is 7.14. The second kappa shape index (κ2) is 10.5. The number of hydrogen-bond donors (Lipinski definition) is 1. The van der Waals surface area contributed by atoms with E-state index in [1.165, 1.54) is 16.9 Å². The number of aromatic carboxylic acids is 1. The fourth-order valence-corrected chi connectivity index (χ4v) is 6.34. The largest absolute Gasteiger partial charge is 0.477 e. The first kappa shape index (κ1) is 25.4. The van der Waals surface area contributed by atoms with Crippen LogP contribution in [0.15, 0.2) is 17.7 Å². The summed E-state index contributed by atoms with van der Waals surface area (Å²) in [5, 5.41) is 10.1. The Balaban J connectivity index is 1.60. The topological polar surface area (TPSA) is 76.1 Å². The lowest BCUT2D eigenvalue weighted by atomic mass is 9.86. The summed E-state index contributed by atoms with van der Waals surface area (Å²) in [7, 11) is 0. The number of rotatable bonds is 6. The summed E-state index contributed by atoms with van der Waals surface area (Å²) in [6, 6.07) is 1.97. The molecule has 2 aliphatic carbocycles. The molecule has 188 valence electrons. The number of amides is 1. The van der Waals surface area contributed by atoms with Crippen LogP contribution < -0.4 is 4.90 Å². The lowest BCUT2D eigenvalue weighted by Crippen LogP contribution is -2.47. The Kier molecular flexibility index (Phi) is 7.85. The minimum atomic E-state index is -0.953. The van der Waals surface area contributed by atoms with Crippen LogP contribution in [0.5, 0.6) is 0 Å². The lowest BCUT2D eigenvalue weighted by Gasteiger charge is -2.39. The van der Waals surface area contributed by atoms with Gasteiger partial charge in [-0.3, -0.25) is 4.79 Å². The van der Waals surface area contributed by atoms with Gasteiger partial charge in [-0.2, -0.15) is 0 Å². The van der Waals surface area contributed by atoms with E-state index in [0.717, 1.165) is 62.9 Å². The van der Waals surface area contributed by atoms with E-state index in [2.05, 4.69) is 33.8 Å². The molecule has 3 aliphatic rings. The molecule has 34 heavy (non-hydrogen) atoms. The highest BCUT2D eigenvalue weighted by Gasteiger charge is 2.38. The molecular weight excluding hydrogens is 450 g/mol. The molecule has 0 spiro atoms. The second-order valence-corrected chi connectivity index (χ2v) is 12.2. The number of hydrogen-bond acceptors (Lipinski definition) is 5. The van der Waals surface area contributed by atoms with Crippen LogP contribution in [0, 0.1) is 5.92 Å². The molecule has 1 aromatic heterocycles. The van der Waals surface area contributed by atoms with Crippen LogP contribution in [-0.2, 0) is 19.7 Å². The molecule has 0 bridgehead atoms. The number of carboxylic acid groups (broad SMARTS) is 1.